The molecule has 1 heterocycles. The number of esters is 1. The number of hydrogen-bond acceptors (Lipinski definition) is 6. The molecule has 0 bridgehead atoms. The number of carboxylic acids is 1. The summed E-state index contributed by atoms with van der Waals surface area (Å²) in [5, 5.41) is 8.47. The smallest absolute Gasteiger partial charge is 0.358 e. The van der Waals surface area contributed by atoms with Gasteiger partial charge in [0.05, 0.1) is 28.4 Å². The lowest BCUT2D eigenvalue weighted by molar-refractivity contribution is 0.0466. The van der Waals surface area contributed by atoms with Gasteiger partial charge in [-0.2, -0.15) is 0 Å². The van der Waals surface area contributed by atoms with E-state index >= 15 is 0 Å². The Hall–Kier alpha value is -3.43. The summed E-state index contributed by atoms with van der Waals surface area (Å²) in [6.07, 6.45) is 0. The highest BCUT2D eigenvalue weighted by Gasteiger charge is 2.26. The topological polar surface area (TPSA) is 112 Å². The summed E-state index contributed by atoms with van der Waals surface area (Å²) in [7, 11) is 1.18. The van der Waals surface area contributed by atoms with Crippen LogP contribution < -0.4 is 10.5 Å². The first-order valence-corrected chi connectivity index (χ1v) is 9.57. The number of halogens is 4. The maximum absolute atomic E-state index is 14.8. The van der Waals surface area contributed by atoms with Crippen molar-refractivity contribution < 1.29 is 33.0 Å². The van der Waals surface area contributed by atoms with Crippen LogP contribution >= 0.6 is 23.2 Å². The number of rotatable bonds is 6. The third kappa shape index (κ3) is 4.44. The Morgan fingerprint density at radius 3 is 2.53 bits per heavy atom. The first-order valence-electron chi connectivity index (χ1n) is 8.81. The number of methoxy groups -OCH3 is 1. The highest BCUT2D eigenvalue weighted by atomic mass is 35.5. The second kappa shape index (κ2) is 9.37. The number of pyridine rings is 1. The van der Waals surface area contributed by atoms with E-state index in [9.17, 15) is 18.4 Å². The Bertz CT molecular complexity index is 1240. The molecule has 3 rings (SSSR count). The van der Waals surface area contributed by atoms with Crippen LogP contribution in [0.2, 0.25) is 10.0 Å². The minimum absolute atomic E-state index is 0.00446. The molecule has 0 amide bonds. The summed E-state index contributed by atoms with van der Waals surface area (Å²) >= 11 is 11.8. The summed E-state index contributed by atoms with van der Waals surface area (Å²) in [5.74, 6) is -4.74. The number of nitrogens with zero attached hydrogens (tertiary/aromatic N) is 1. The Morgan fingerprint density at radius 1 is 1.16 bits per heavy atom. The highest BCUT2D eigenvalue weighted by molar-refractivity contribution is 6.36. The first kappa shape index (κ1) is 23.2. The molecule has 0 saturated carbocycles. The zero-order valence-corrected chi connectivity index (χ0v) is 17.8. The van der Waals surface area contributed by atoms with Gasteiger partial charge in [-0.25, -0.2) is 23.4 Å². The maximum Gasteiger partial charge on any atom is 0.358 e. The van der Waals surface area contributed by atoms with Crippen LogP contribution in [-0.4, -0.2) is 29.1 Å². The third-order valence-corrected chi connectivity index (χ3v) is 5.04. The minimum atomic E-state index is -1.15. The number of nitrogens with two attached hydrogens (primary N) is 1. The van der Waals surface area contributed by atoms with E-state index in [1.807, 2.05) is 0 Å². The van der Waals surface area contributed by atoms with Gasteiger partial charge in [0.1, 0.15) is 12.3 Å². The number of carbonyl (C=O) groups excluding carboxylic acids is 1. The molecule has 3 N–H and O–H groups in total. The normalized spacial score (nSPS) is 10.7. The summed E-state index contributed by atoms with van der Waals surface area (Å²) in [6, 6.07) is 8.10. The van der Waals surface area contributed by atoms with Crippen molar-refractivity contribution >= 4 is 40.8 Å². The first-order chi connectivity index (χ1) is 15.1. The van der Waals surface area contributed by atoms with Crippen LogP contribution in [0.4, 0.5) is 14.5 Å². The van der Waals surface area contributed by atoms with Crippen LogP contribution in [0, 0.1) is 11.6 Å². The molecule has 0 aliphatic heterocycles. The number of nitrogen functional groups attached to an aromatic ring is 1. The number of aromatic nitrogens is 1. The van der Waals surface area contributed by atoms with E-state index in [1.54, 1.807) is 0 Å². The van der Waals surface area contributed by atoms with Crippen LogP contribution in [0.25, 0.3) is 11.3 Å². The Balaban J connectivity index is 1.98. The molecule has 3 aromatic rings. The van der Waals surface area contributed by atoms with Gasteiger partial charge < -0.3 is 20.3 Å². The minimum Gasteiger partial charge on any atom is -0.492 e. The molecule has 0 aliphatic rings. The summed E-state index contributed by atoms with van der Waals surface area (Å²) < 4.78 is 39.5. The SMILES string of the molecule is COc1c(Cl)ccc(-c2nc(C(=O)OCc3cccc(C(=O)O)c3)c(Cl)c(N)c2F)c1F. The number of carboxylic acid groups (broad SMARTS) is 1. The Labute approximate surface area is 190 Å². The van der Waals surface area contributed by atoms with E-state index in [-0.39, 0.29) is 28.5 Å². The molecule has 0 radical (unpaired) electrons. The lowest BCUT2D eigenvalue weighted by atomic mass is 10.1. The number of benzene rings is 2. The van der Waals surface area contributed by atoms with Crippen molar-refractivity contribution in [2.75, 3.05) is 12.8 Å². The van der Waals surface area contributed by atoms with Gasteiger partial charge in [-0.15, -0.1) is 0 Å². The van der Waals surface area contributed by atoms with Gasteiger partial charge in [-0.05, 0) is 29.8 Å². The number of hydrogen-bond donors (Lipinski definition) is 2. The van der Waals surface area contributed by atoms with Gasteiger partial charge in [-0.3, -0.25) is 0 Å². The predicted octanol–water partition coefficient (Wildman–Crippen LogP) is 4.98. The average molecular weight is 483 g/mol. The molecule has 0 aliphatic carbocycles. The van der Waals surface area contributed by atoms with Crippen LogP contribution in [0.5, 0.6) is 5.75 Å². The molecule has 0 unspecified atom stereocenters. The van der Waals surface area contributed by atoms with E-state index in [0.717, 1.165) is 6.07 Å². The summed E-state index contributed by atoms with van der Waals surface area (Å²) in [5.41, 5.74) is 3.89. The van der Waals surface area contributed by atoms with E-state index in [1.165, 1.54) is 37.4 Å². The van der Waals surface area contributed by atoms with Gasteiger partial charge in [-0.1, -0.05) is 35.3 Å². The highest BCUT2D eigenvalue weighted by Crippen LogP contribution is 2.38. The van der Waals surface area contributed by atoms with E-state index in [2.05, 4.69) is 4.98 Å². The molecule has 1 aromatic heterocycles. The van der Waals surface area contributed by atoms with Crippen molar-refractivity contribution in [2.45, 2.75) is 6.61 Å². The molecule has 0 fully saturated rings. The summed E-state index contributed by atoms with van der Waals surface area (Å²) in [4.78, 5) is 27.5. The average Bonchev–Trinajstić information content (AvgIpc) is 2.77. The van der Waals surface area contributed by atoms with Crippen LogP contribution in [0.1, 0.15) is 26.4 Å². The molecular formula is C21H14Cl2F2N2O5. The fourth-order valence-corrected chi connectivity index (χ4v) is 3.21. The molecule has 32 heavy (non-hydrogen) atoms. The molecule has 7 nitrogen and oxygen atoms in total. The number of carbonyl (C=O) groups is 2. The largest absolute Gasteiger partial charge is 0.492 e. The molecule has 0 spiro atoms. The van der Waals surface area contributed by atoms with Gasteiger partial charge in [0.25, 0.3) is 0 Å². The van der Waals surface area contributed by atoms with Crippen LogP contribution in [0.15, 0.2) is 36.4 Å². The van der Waals surface area contributed by atoms with Gasteiger partial charge in [0.2, 0.25) is 0 Å². The predicted molar refractivity (Wildman–Crippen MR) is 113 cm³/mol. The quantitative estimate of drug-likeness (QED) is 0.476. The molecular weight excluding hydrogens is 469 g/mol. The van der Waals surface area contributed by atoms with E-state index in [4.69, 9.17) is 43.5 Å². The van der Waals surface area contributed by atoms with E-state index in [0.29, 0.717) is 5.56 Å². The monoisotopic (exact) mass is 482 g/mol. The molecule has 166 valence electrons. The van der Waals surface area contributed by atoms with Gasteiger partial charge in [0, 0.05) is 5.56 Å². The van der Waals surface area contributed by atoms with Gasteiger partial charge >= 0.3 is 11.9 Å². The molecule has 2 aromatic carbocycles. The van der Waals surface area contributed by atoms with Crippen molar-refractivity contribution in [3.05, 3.63) is 74.9 Å². The lowest BCUT2D eigenvalue weighted by Crippen LogP contribution is -2.12. The number of ether oxygens (including phenoxy) is 2. The van der Waals surface area contributed by atoms with Crippen molar-refractivity contribution in [3.8, 4) is 17.0 Å². The zero-order chi connectivity index (χ0) is 23.6. The zero-order valence-electron chi connectivity index (χ0n) is 16.3. The van der Waals surface area contributed by atoms with Crippen molar-refractivity contribution in [3.63, 3.8) is 0 Å². The number of aromatic carboxylic acids is 1. The molecule has 0 atom stereocenters. The van der Waals surface area contributed by atoms with Crippen molar-refractivity contribution in [1.82, 2.24) is 4.98 Å². The standard InChI is InChI=1S/C21H14Cl2F2N2O5/c1-31-19-12(22)6-5-11(14(19)24)17-15(25)16(26)13(23)18(27-17)21(30)32-8-9-3-2-4-10(7-9)20(28)29/h2-7H,8H2,1H3,(H2,26,27)(H,28,29). The molecule has 11 heteroatoms. The maximum atomic E-state index is 14.8. The van der Waals surface area contributed by atoms with Crippen molar-refractivity contribution in [2.24, 2.45) is 0 Å². The van der Waals surface area contributed by atoms with E-state index < -0.39 is 45.7 Å². The Kier molecular flexibility index (Phi) is 6.81. The fourth-order valence-electron chi connectivity index (χ4n) is 2.79. The Morgan fingerprint density at radius 2 is 1.88 bits per heavy atom. The fraction of sp³-hybridized carbons (Fsp3) is 0.0952. The summed E-state index contributed by atoms with van der Waals surface area (Å²) in [6.45, 7) is -0.326. The van der Waals surface area contributed by atoms with Crippen LogP contribution in [-0.2, 0) is 11.3 Å². The second-order valence-electron chi connectivity index (χ2n) is 6.37. The van der Waals surface area contributed by atoms with Gasteiger partial charge in [0.15, 0.2) is 23.1 Å². The second-order valence-corrected chi connectivity index (χ2v) is 7.16. The number of anilines is 1. The van der Waals surface area contributed by atoms with Crippen molar-refractivity contribution in [1.29, 1.82) is 0 Å². The van der Waals surface area contributed by atoms with Crippen LogP contribution in [0.3, 0.4) is 0 Å². The third-order valence-electron chi connectivity index (χ3n) is 4.36. The molecule has 0 saturated heterocycles. The lowest BCUT2D eigenvalue weighted by Gasteiger charge is -2.13.